The summed E-state index contributed by atoms with van der Waals surface area (Å²) in [5.41, 5.74) is 6.80. The number of thiophene rings is 1. The summed E-state index contributed by atoms with van der Waals surface area (Å²) in [6.07, 6.45) is 1.00. The van der Waals surface area contributed by atoms with E-state index in [0.717, 1.165) is 13.0 Å². The Balaban J connectivity index is 1.90. The van der Waals surface area contributed by atoms with Gasteiger partial charge in [0, 0.05) is 13.6 Å². The summed E-state index contributed by atoms with van der Waals surface area (Å²) >= 11 is 1.72. The van der Waals surface area contributed by atoms with Gasteiger partial charge in [-0.3, -0.25) is 4.98 Å². The first-order valence-electron chi connectivity index (χ1n) is 4.66. The maximum absolute atomic E-state index is 5.45. The van der Waals surface area contributed by atoms with Gasteiger partial charge in [0.15, 0.2) is 0 Å². The topological polar surface area (TPSA) is 70.8 Å². The number of rotatable bonds is 4. The first-order valence-corrected chi connectivity index (χ1v) is 5.60. The number of anilines is 2. The van der Waals surface area contributed by atoms with Crippen molar-refractivity contribution >= 4 is 23.2 Å². The van der Waals surface area contributed by atoms with Gasteiger partial charge in [-0.1, -0.05) is 0 Å². The molecule has 0 aliphatic rings. The van der Waals surface area contributed by atoms with Gasteiger partial charge in [0.2, 0.25) is 11.9 Å². The highest BCUT2D eigenvalue weighted by molar-refractivity contribution is 7.07. The van der Waals surface area contributed by atoms with Gasteiger partial charge in [0.05, 0.1) is 0 Å². The van der Waals surface area contributed by atoms with E-state index < -0.39 is 0 Å². The molecule has 0 amide bonds. The van der Waals surface area contributed by atoms with Crippen LogP contribution in [0.5, 0.6) is 0 Å². The van der Waals surface area contributed by atoms with Crippen molar-refractivity contribution in [1.82, 2.24) is 15.2 Å². The Hall–Kier alpha value is -1.56. The van der Waals surface area contributed by atoms with Crippen molar-refractivity contribution < 1.29 is 0 Å². The molecule has 2 heterocycles. The van der Waals surface area contributed by atoms with E-state index in [4.69, 9.17) is 5.73 Å². The minimum Gasteiger partial charge on any atom is -0.368 e. The van der Waals surface area contributed by atoms with Crippen LogP contribution in [0.15, 0.2) is 16.8 Å². The summed E-state index contributed by atoms with van der Waals surface area (Å²) in [5.74, 6) is 1.06. The van der Waals surface area contributed by atoms with Gasteiger partial charge in [-0.25, -0.2) is 0 Å². The molecule has 0 spiro atoms. The van der Waals surface area contributed by atoms with Crippen LogP contribution in [0.2, 0.25) is 0 Å². The minimum atomic E-state index is 0.354. The molecule has 2 aromatic rings. The van der Waals surface area contributed by atoms with Crippen LogP contribution in [0.25, 0.3) is 0 Å². The summed E-state index contributed by atoms with van der Waals surface area (Å²) in [4.78, 5) is 4.89. The molecule has 80 valence electrons. The molecule has 0 atom stereocenters. The molecule has 0 saturated heterocycles. The number of nitrogens with one attached hydrogen (secondary N) is 1. The van der Waals surface area contributed by atoms with Crippen molar-refractivity contribution in [2.24, 2.45) is 0 Å². The zero-order chi connectivity index (χ0) is 10.7. The standard InChI is InChI=1S/C9H13N5S/c1-14(9-11-8(10)12-13-9)4-2-7-3-5-15-6-7/h3,5-6H,2,4H2,1H3,(H3,10,11,12,13). The third-order valence-electron chi connectivity index (χ3n) is 2.17. The fraction of sp³-hybridized carbons (Fsp3) is 0.333. The molecule has 0 aromatic carbocycles. The Morgan fingerprint density at radius 1 is 1.53 bits per heavy atom. The van der Waals surface area contributed by atoms with Crippen LogP contribution in [-0.4, -0.2) is 28.8 Å². The second-order valence-corrected chi connectivity index (χ2v) is 4.12. The van der Waals surface area contributed by atoms with Gasteiger partial charge in [0.1, 0.15) is 0 Å². The van der Waals surface area contributed by atoms with Crippen LogP contribution in [0.1, 0.15) is 5.56 Å². The summed E-state index contributed by atoms with van der Waals surface area (Å²) in [5, 5.41) is 11.9. The molecule has 0 fully saturated rings. The second kappa shape index (κ2) is 4.31. The number of nitrogen functional groups attached to an aromatic ring is 1. The summed E-state index contributed by atoms with van der Waals surface area (Å²) in [6.45, 7) is 0.894. The van der Waals surface area contributed by atoms with Crippen LogP contribution in [-0.2, 0) is 6.42 Å². The van der Waals surface area contributed by atoms with Crippen molar-refractivity contribution in [3.8, 4) is 0 Å². The number of aromatic nitrogens is 3. The fourth-order valence-corrected chi connectivity index (χ4v) is 1.98. The van der Waals surface area contributed by atoms with Gasteiger partial charge in [-0.15, -0.1) is 10.2 Å². The molecular weight excluding hydrogens is 210 g/mol. The smallest absolute Gasteiger partial charge is 0.225 e. The lowest BCUT2D eigenvalue weighted by atomic mass is 10.2. The highest BCUT2D eigenvalue weighted by Crippen LogP contribution is 2.09. The number of nitrogens with two attached hydrogens (primary N) is 1. The largest absolute Gasteiger partial charge is 0.368 e. The Kier molecular flexibility index (Phi) is 2.86. The van der Waals surface area contributed by atoms with Crippen LogP contribution >= 0.6 is 11.3 Å². The van der Waals surface area contributed by atoms with E-state index in [2.05, 4.69) is 32.0 Å². The molecule has 0 aliphatic carbocycles. The maximum Gasteiger partial charge on any atom is 0.225 e. The lowest BCUT2D eigenvalue weighted by molar-refractivity contribution is 0.843. The van der Waals surface area contributed by atoms with Crippen molar-refractivity contribution in [1.29, 1.82) is 0 Å². The van der Waals surface area contributed by atoms with Gasteiger partial charge in [-0.2, -0.15) is 11.3 Å². The monoisotopic (exact) mass is 223 g/mol. The van der Waals surface area contributed by atoms with Gasteiger partial charge < -0.3 is 10.6 Å². The molecule has 0 unspecified atom stereocenters. The highest BCUT2D eigenvalue weighted by atomic mass is 32.1. The predicted molar refractivity (Wildman–Crippen MR) is 62.1 cm³/mol. The van der Waals surface area contributed by atoms with Crippen LogP contribution in [0.3, 0.4) is 0 Å². The minimum absolute atomic E-state index is 0.354. The zero-order valence-corrected chi connectivity index (χ0v) is 9.29. The maximum atomic E-state index is 5.45. The van der Waals surface area contributed by atoms with E-state index in [1.165, 1.54) is 5.56 Å². The van der Waals surface area contributed by atoms with Crippen LogP contribution in [0.4, 0.5) is 11.9 Å². The summed E-state index contributed by atoms with van der Waals surface area (Å²) in [7, 11) is 1.96. The molecule has 3 N–H and O–H groups in total. The predicted octanol–water partition coefficient (Wildman–Crippen LogP) is 1.13. The quantitative estimate of drug-likeness (QED) is 0.815. The third-order valence-corrected chi connectivity index (χ3v) is 2.90. The van der Waals surface area contributed by atoms with Crippen molar-refractivity contribution in [2.75, 3.05) is 24.2 Å². The molecule has 0 radical (unpaired) electrons. The van der Waals surface area contributed by atoms with E-state index in [9.17, 15) is 0 Å². The van der Waals surface area contributed by atoms with Crippen molar-refractivity contribution in [2.45, 2.75) is 6.42 Å². The van der Waals surface area contributed by atoms with E-state index in [0.29, 0.717) is 11.9 Å². The number of nitrogens with zero attached hydrogens (tertiary/aromatic N) is 3. The van der Waals surface area contributed by atoms with Crippen LogP contribution < -0.4 is 10.6 Å². The van der Waals surface area contributed by atoms with Gasteiger partial charge in [-0.05, 0) is 28.8 Å². The Labute approximate surface area is 91.9 Å². The summed E-state index contributed by atoms with van der Waals surface area (Å²) in [6, 6.07) is 2.13. The lowest BCUT2D eigenvalue weighted by Gasteiger charge is -2.14. The normalized spacial score (nSPS) is 10.5. The number of aromatic amines is 1. The van der Waals surface area contributed by atoms with Crippen molar-refractivity contribution in [3.63, 3.8) is 0 Å². The SMILES string of the molecule is CN(CCc1ccsc1)c1nnc(N)[nH]1. The Morgan fingerprint density at radius 3 is 3.00 bits per heavy atom. The second-order valence-electron chi connectivity index (χ2n) is 3.34. The molecule has 0 bridgehead atoms. The fourth-order valence-electron chi connectivity index (χ4n) is 1.28. The number of H-pyrrole nitrogens is 1. The van der Waals surface area contributed by atoms with E-state index in [1.807, 2.05) is 11.9 Å². The lowest BCUT2D eigenvalue weighted by Crippen LogP contribution is -2.21. The van der Waals surface area contributed by atoms with E-state index >= 15 is 0 Å². The zero-order valence-electron chi connectivity index (χ0n) is 8.47. The number of likely N-dealkylation sites (N-methyl/N-ethyl adjacent to an activating group) is 1. The van der Waals surface area contributed by atoms with E-state index in [-0.39, 0.29) is 0 Å². The third kappa shape index (κ3) is 2.47. The number of hydrogen-bond acceptors (Lipinski definition) is 5. The van der Waals surface area contributed by atoms with Gasteiger partial charge in [0.25, 0.3) is 0 Å². The van der Waals surface area contributed by atoms with E-state index in [1.54, 1.807) is 11.3 Å². The molecule has 2 aromatic heterocycles. The Morgan fingerprint density at radius 2 is 2.40 bits per heavy atom. The van der Waals surface area contributed by atoms with Crippen molar-refractivity contribution in [3.05, 3.63) is 22.4 Å². The first-order chi connectivity index (χ1) is 7.25. The summed E-state index contributed by atoms with van der Waals surface area (Å²) < 4.78 is 0. The average Bonchev–Trinajstić information content (AvgIpc) is 2.84. The highest BCUT2D eigenvalue weighted by Gasteiger charge is 2.05. The molecule has 0 aliphatic heterocycles. The molecule has 15 heavy (non-hydrogen) atoms. The van der Waals surface area contributed by atoms with Crippen LogP contribution in [0, 0.1) is 0 Å². The first kappa shape index (κ1) is 9.97. The Bertz CT molecular complexity index is 408. The molecular formula is C9H13N5S. The molecule has 5 nitrogen and oxygen atoms in total. The molecule has 2 rings (SSSR count). The molecule has 0 saturated carbocycles. The van der Waals surface area contributed by atoms with Gasteiger partial charge >= 0.3 is 0 Å². The molecule has 6 heteroatoms. The average molecular weight is 223 g/mol. The number of hydrogen-bond donors (Lipinski definition) is 2.